The normalized spacial score (nSPS) is 14.0. The summed E-state index contributed by atoms with van der Waals surface area (Å²) < 4.78 is 0. The van der Waals surface area contributed by atoms with E-state index in [9.17, 15) is 0 Å². The van der Waals surface area contributed by atoms with Crippen LogP contribution in [0.3, 0.4) is 0 Å². The Morgan fingerprint density at radius 1 is 0.647 bits per heavy atom. The molecular formula is C32H47NS. The van der Waals surface area contributed by atoms with Gasteiger partial charge in [-0.2, -0.15) is 0 Å². The van der Waals surface area contributed by atoms with Crippen molar-refractivity contribution in [3.63, 3.8) is 0 Å². The summed E-state index contributed by atoms with van der Waals surface area (Å²) >= 11 is 0. The van der Waals surface area contributed by atoms with Gasteiger partial charge in [-0.15, -0.1) is 0 Å². The molecule has 0 saturated heterocycles. The summed E-state index contributed by atoms with van der Waals surface area (Å²) in [5.41, 5.74) is 5.23. The topological polar surface area (TPSA) is 12.9 Å². The zero-order valence-electron chi connectivity index (χ0n) is 23.7. The van der Waals surface area contributed by atoms with E-state index in [2.05, 4.69) is 126 Å². The second-order valence-electron chi connectivity index (χ2n) is 12.7. The Bertz CT molecular complexity index is 1100. The van der Waals surface area contributed by atoms with Crippen LogP contribution in [0.5, 0.6) is 0 Å². The average molecular weight is 478 g/mol. The van der Waals surface area contributed by atoms with E-state index < -0.39 is 10.0 Å². The van der Waals surface area contributed by atoms with Gasteiger partial charge < -0.3 is 0 Å². The zero-order chi connectivity index (χ0) is 25.6. The monoisotopic (exact) mass is 477 g/mol. The SMILES string of the molecule is CC(C)S(c1ccc2c(-c3cc(C(C)(C)C)cc(C(C)(C)C)c3)nccc2c1)(C(C)C)C(C)C. The van der Waals surface area contributed by atoms with Crippen LogP contribution < -0.4 is 0 Å². The summed E-state index contributed by atoms with van der Waals surface area (Å²) in [6, 6.07) is 16.6. The van der Waals surface area contributed by atoms with E-state index in [-0.39, 0.29) is 10.8 Å². The first kappa shape index (κ1) is 26.8. The fraction of sp³-hybridized carbons (Fsp3) is 0.531. The summed E-state index contributed by atoms with van der Waals surface area (Å²) in [6.07, 6.45) is 2.00. The van der Waals surface area contributed by atoms with Crippen LogP contribution in [0.25, 0.3) is 22.0 Å². The highest BCUT2D eigenvalue weighted by Crippen LogP contribution is 2.66. The molecule has 1 aromatic heterocycles. The largest absolute Gasteiger partial charge is 0.256 e. The second-order valence-corrected chi connectivity index (χ2v) is 17.6. The molecule has 0 fully saturated rings. The molecular weight excluding hydrogens is 430 g/mol. The van der Waals surface area contributed by atoms with E-state index in [4.69, 9.17) is 4.98 Å². The minimum absolute atomic E-state index is 0.0858. The van der Waals surface area contributed by atoms with Crippen molar-refractivity contribution < 1.29 is 0 Å². The average Bonchev–Trinajstić information content (AvgIpc) is 2.71. The number of pyridine rings is 1. The molecule has 3 rings (SSSR count). The maximum atomic E-state index is 4.93. The number of hydrogen-bond donors (Lipinski definition) is 0. The third-order valence-corrected chi connectivity index (χ3v) is 13.2. The van der Waals surface area contributed by atoms with Crippen molar-refractivity contribution in [2.75, 3.05) is 0 Å². The molecule has 0 aliphatic heterocycles. The van der Waals surface area contributed by atoms with E-state index in [1.54, 1.807) is 0 Å². The lowest BCUT2D eigenvalue weighted by Gasteiger charge is -2.52. The Balaban J connectivity index is 2.28. The van der Waals surface area contributed by atoms with E-state index in [1.165, 1.54) is 32.4 Å². The smallest absolute Gasteiger partial charge is 0.0780 e. The van der Waals surface area contributed by atoms with Crippen LogP contribution in [0.1, 0.15) is 94.2 Å². The number of benzene rings is 2. The van der Waals surface area contributed by atoms with Crippen molar-refractivity contribution in [2.24, 2.45) is 0 Å². The maximum absolute atomic E-state index is 4.93. The number of rotatable bonds is 5. The van der Waals surface area contributed by atoms with Gasteiger partial charge in [0.25, 0.3) is 0 Å². The molecule has 0 radical (unpaired) electrons. The predicted molar refractivity (Wildman–Crippen MR) is 156 cm³/mol. The highest BCUT2D eigenvalue weighted by atomic mass is 32.3. The van der Waals surface area contributed by atoms with Gasteiger partial charge in [-0.25, -0.2) is 10.0 Å². The number of hydrogen-bond acceptors (Lipinski definition) is 1. The summed E-state index contributed by atoms with van der Waals surface area (Å²) in [4.78, 5) is 6.47. The standard InChI is InChI=1S/C32H47NS/c1-21(2)34(22(3)4,23(5)6)28-13-14-29-24(19-28)15-16-33-30(29)25-17-26(31(7,8)9)20-27(18-25)32(10,11)12/h13-23H,1-12H3. The third-order valence-electron chi connectivity index (χ3n) is 7.42. The molecule has 2 heteroatoms. The van der Waals surface area contributed by atoms with E-state index in [0.29, 0.717) is 15.7 Å². The van der Waals surface area contributed by atoms with E-state index in [1.807, 2.05) is 6.20 Å². The molecule has 1 heterocycles. The van der Waals surface area contributed by atoms with Crippen LogP contribution in [0.2, 0.25) is 0 Å². The van der Waals surface area contributed by atoms with E-state index in [0.717, 1.165) is 5.69 Å². The number of aromatic nitrogens is 1. The zero-order valence-corrected chi connectivity index (χ0v) is 24.5. The van der Waals surface area contributed by atoms with E-state index >= 15 is 0 Å². The highest BCUT2D eigenvalue weighted by Gasteiger charge is 2.36. The summed E-state index contributed by atoms with van der Waals surface area (Å²) in [5.74, 6) is 0. The molecule has 0 saturated carbocycles. The van der Waals surface area contributed by atoms with Crippen LogP contribution in [0.4, 0.5) is 0 Å². The first-order chi connectivity index (χ1) is 15.6. The van der Waals surface area contributed by atoms with Gasteiger partial charge in [0.2, 0.25) is 0 Å². The fourth-order valence-electron chi connectivity index (χ4n) is 5.69. The van der Waals surface area contributed by atoms with Gasteiger partial charge in [-0.05, 0) is 78.3 Å². The lowest BCUT2D eigenvalue weighted by Crippen LogP contribution is -2.28. The molecule has 0 atom stereocenters. The fourth-order valence-corrected chi connectivity index (χ4v) is 11.2. The van der Waals surface area contributed by atoms with Crippen molar-refractivity contribution >= 4 is 20.8 Å². The summed E-state index contributed by atoms with van der Waals surface area (Å²) in [7, 11) is -0.967. The van der Waals surface area contributed by atoms with Gasteiger partial charge in [0.1, 0.15) is 0 Å². The number of fused-ring (bicyclic) bond motifs is 1. The Kier molecular flexibility index (Phi) is 7.36. The number of nitrogens with zero attached hydrogens (tertiary/aromatic N) is 1. The Morgan fingerprint density at radius 2 is 1.15 bits per heavy atom. The summed E-state index contributed by atoms with van der Waals surface area (Å²) in [6.45, 7) is 28.3. The van der Waals surface area contributed by atoms with Crippen LogP contribution in [-0.4, -0.2) is 20.7 Å². The van der Waals surface area contributed by atoms with Crippen LogP contribution >= 0.6 is 10.0 Å². The lowest BCUT2D eigenvalue weighted by molar-refractivity contribution is 0.569. The molecule has 0 aliphatic carbocycles. The predicted octanol–water partition coefficient (Wildman–Crippen LogP) is 9.89. The van der Waals surface area contributed by atoms with Gasteiger partial charge >= 0.3 is 0 Å². The van der Waals surface area contributed by atoms with Gasteiger partial charge in [-0.1, -0.05) is 95.2 Å². The van der Waals surface area contributed by atoms with Crippen molar-refractivity contribution in [1.29, 1.82) is 0 Å². The van der Waals surface area contributed by atoms with Crippen molar-refractivity contribution in [2.45, 2.75) is 115 Å². The molecule has 0 aliphatic rings. The molecule has 0 unspecified atom stereocenters. The van der Waals surface area contributed by atoms with Gasteiger partial charge in [-0.3, -0.25) is 4.98 Å². The van der Waals surface area contributed by atoms with Crippen molar-refractivity contribution in [3.8, 4) is 11.3 Å². The molecule has 34 heavy (non-hydrogen) atoms. The molecule has 0 spiro atoms. The first-order valence-corrected chi connectivity index (χ1v) is 14.8. The molecule has 0 N–H and O–H groups in total. The maximum Gasteiger partial charge on any atom is 0.0780 e. The molecule has 1 nitrogen and oxygen atoms in total. The molecule has 3 aromatic rings. The first-order valence-electron chi connectivity index (χ1n) is 12.9. The summed E-state index contributed by atoms with van der Waals surface area (Å²) in [5, 5.41) is 4.48. The Morgan fingerprint density at radius 3 is 1.59 bits per heavy atom. The van der Waals surface area contributed by atoms with Crippen molar-refractivity contribution in [1.82, 2.24) is 4.98 Å². The van der Waals surface area contributed by atoms with Gasteiger partial charge in [0, 0.05) is 17.1 Å². The lowest BCUT2D eigenvalue weighted by atomic mass is 9.79. The minimum Gasteiger partial charge on any atom is -0.256 e. The van der Waals surface area contributed by atoms with Gasteiger partial charge in [0.05, 0.1) is 5.69 Å². The molecule has 0 bridgehead atoms. The highest BCUT2D eigenvalue weighted by molar-refractivity contribution is 8.35. The quantitative estimate of drug-likeness (QED) is 0.356. The Labute approximate surface area is 211 Å². The molecule has 0 amide bonds. The second kappa shape index (κ2) is 9.34. The molecule has 186 valence electrons. The van der Waals surface area contributed by atoms with Crippen LogP contribution in [0, 0.1) is 0 Å². The minimum atomic E-state index is -0.967. The molecule has 2 aromatic carbocycles. The van der Waals surface area contributed by atoms with Crippen molar-refractivity contribution in [3.05, 3.63) is 59.8 Å². The van der Waals surface area contributed by atoms with Crippen LogP contribution in [-0.2, 0) is 10.8 Å². The Hall–Kier alpha value is -1.80. The third kappa shape index (κ3) is 4.81. The van der Waals surface area contributed by atoms with Gasteiger partial charge in [0.15, 0.2) is 0 Å². The van der Waals surface area contributed by atoms with Crippen LogP contribution in [0.15, 0.2) is 53.6 Å².